The molecule has 0 unspecified atom stereocenters. The van der Waals surface area contributed by atoms with Gasteiger partial charge in [-0.1, -0.05) is 0 Å². The van der Waals surface area contributed by atoms with Crippen molar-refractivity contribution in [2.24, 2.45) is 7.05 Å². The summed E-state index contributed by atoms with van der Waals surface area (Å²) in [6.07, 6.45) is -3.04. The molecule has 1 N–H and O–H groups in total. The molecule has 0 amide bonds. The number of likely N-dealkylation sites (tertiary alicyclic amines) is 1. The van der Waals surface area contributed by atoms with Gasteiger partial charge in [-0.25, -0.2) is 4.98 Å². The summed E-state index contributed by atoms with van der Waals surface area (Å²) >= 11 is 0. The molecule has 0 spiro atoms. The van der Waals surface area contributed by atoms with Gasteiger partial charge in [0.2, 0.25) is 0 Å². The molecule has 8 heteroatoms. The number of benzene rings is 1. The van der Waals surface area contributed by atoms with Gasteiger partial charge in [0.1, 0.15) is 11.9 Å². The molecule has 1 aliphatic rings. The van der Waals surface area contributed by atoms with Crippen molar-refractivity contribution in [2.45, 2.75) is 31.6 Å². The Labute approximate surface area is 130 Å². The average Bonchev–Trinajstić information content (AvgIpc) is 3.04. The molecule has 0 aliphatic carbocycles. The van der Waals surface area contributed by atoms with Crippen LogP contribution in [-0.4, -0.2) is 38.1 Å². The van der Waals surface area contributed by atoms with Gasteiger partial charge in [-0.05, 0) is 37.6 Å². The highest BCUT2D eigenvalue weighted by Gasteiger charge is 2.32. The first-order valence-electron chi connectivity index (χ1n) is 7.27. The topological polar surface area (TPSA) is 58.4 Å². The number of carboxylic acid groups (broad SMARTS) is 1. The second-order valence-corrected chi connectivity index (χ2v) is 5.76. The standard InChI is InChI=1S/C15H16F3N3O2/c1-20-11-5-4-9(15(16,17)18)7-10(11)19-13(20)8-21-6-2-3-12(21)14(22)23/h4-5,7,12H,2-3,6,8H2,1H3,(H,22,23)/t12-/m1/s1. The number of nitrogens with zero attached hydrogens (tertiary/aromatic N) is 3. The normalized spacial score (nSPS) is 19.6. The molecule has 1 fully saturated rings. The number of aliphatic carboxylic acids is 1. The second-order valence-electron chi connectivity index (χ2n) is 5.76. The van der Waals surface area contributed by atoms with Gasteiger partial charge < -0.3 is 9.67 Å². The average molecular weight is 327 g/mol. The number of rotatable bonds is 3. The summed E-state index contributed by atoms with van der Waals surface area (Å²) in [7, 11) is 1.73. The zero-order valence-corrected chi connectivity index (χ0v) is 12.5. The lowest BCUT2D eigenvalue weighted by molar-refractivity contribution is -0.142. The molecule has 1 aromatic heterocycles. The van der Waals surface area contributed by atoms with Crippen molar-refractivity contribution in [3.8, 4) is 0 Å². The summed E-state index contributed by atoms with van der Waals surface area (Å²) in [5, 5.41) is 9.20. The van der Waals surface area contributed by atoms with Gasteiger partial charge in [-0.15, -0.1) is 0 Å². The lowest BCUT2D eigenvalue weighted by atomic mass is 10.2. The number of hydrogen-bond donors (Lipinski definition) is 1. The zero-order chi connectivity index (χ0) is 16.8. The third kappa shape index (κ3) is 2.90. The highest BCUT2D eigenvalue weighted by Crippen LogP contribution is 2.31. The van der Waals surface area contributed by atoms with Crippen molar-refractivity contribution >= 4 is 17.0 Å². The van der Waals surface area contributed by atoms with E-state index in [1.165, 1.54) is 6.07 Å². The third-order valence-corrected chi connectivity index (χ3v) is 4.29. The number of imidazole rings is 1. The van der Waals surface area contributed by atoms with Gasteiger partial charge in [-0.2, -0.15) is 13.2 Å². The Kier molecular flexibility index (Phi) is 3.79. The SMILES string of the molecule is Cn1c(CN2CCC[C@@H]2C(=O)O)nc2cc(C(F)(F)F)ccc21. The largest absolute Gasteiger partial charge is 0.480 e. The highest BCUT2D eigenvalue weighted by atomic mass is 19.4. The van der Waals surface area contributed by atoms with Crippen LogP contribution in [-0.2, 0) is 24.6 Å². The van der Waals surface area contributed by atoms with E-state index in [9.17, 15) is 23.1 Å². The van der Waals surface area contributed by atoms with Crippen LogP contribution < -0.4 is 0 Å². The number of hydrogen-bond acceptors (Lipinski definition) is 3. The van der Waals surface area contributed by atoms with Crippen molar-refractivity contribution in [2.75, 3.05) is 6.54 Å². The maximum absolute atomic E-state index is 12.8. The summed E-state index contributed by atoms with van der Waals surface area (Å²) in [5.41, 5.74) is 0.127. The Morgan fingerprint density at radius 3 is 2.83 bits per heavy atom. The van der Waals surface area contributed by atoms with Gasteiger partial charge >= 0.3 is 12.1 Å². The van der Waals surface area contributed by atoms with E-state index < -0.39 is 23.8 Å². The summed E-state index contributed by atoms with van der Waals surface area (Å²) in [6.45, 7) is 0.956. The predicted molar refractivity (Wildman–Crippen MR) is 76.8 cm³/mol. The predicted octanol–water partition coefficient (Wildman–Crippen LogP) is 2.64. The maximum Gasteiger partial charge on any atom is 0.416 e. The van der Waals surface area contributed by atoms with E-state index in [-0.39, 0.29) is 5.52 Å². The Morgan fingerprint density at radius 2 is 2.17 bits per heavy atom. The first-order valence-corrected chi connectivity index (χ1v) is 7.27. The van der Waals surface area contributed by atoms with Crippen LogP contribution in [0.15, 0.2) is 18.2 Å². The van der Waals surface area contributed by atoms with Crippen LogP contribution in [0.5, 0.6) is 0 Å². The fraction of sp³-hybridized carbons (Fsp3) is 0.467. The molecular weight excluding hydrogens is 311 g/mol. The second kappa shape index (κ2) is 5.52. The van der Waals surface area contributed by atoms with Crippen LogP contribution in [0.4, 0.5) is 13.2 Å². The molecule has 124 valence electrons. The molecule has 0 saturated carbocycles. The monoisotopic (exact) mass is 327 g/mol. The van der Waals surface area contributed by atoms with Gasteiger partial charge in [0, 0.05) is 7.05 Å². The van der Waals surface area contributed by atoms with Gasteiger partial charge in [0.25, 0.3) is 0 Å². The van der Waals surface area contributed by atoms with E-state index in [1.54, 1.807) is 16.5 Å². The molecule has 3 rings (SSSR count). The summed E-state index contributed by atoms with van der Waals surface area (Å²) in [5.74, 6) is -0.312. The highest BCUT2D eigenvalue weighted by molar-refractivity contribution is 5.77. The Balaban J connectivity index is 1.93. The molecule has 0 bridgehead atoms. The van der Waals surface area contributed by atoms with Crippen molar-refractivity contribution in [3.05, 3.63) is 29.6 Å². The minimum absolute atomic E-state index is 0.267. The van der Waals surface area contributed by atoms with Crippen molar-refractivity contribution in [1.82, 2.24) is 14.5 Å². The van der Waals surface area contributed by atoms with E-state index in [4.69, 9.17) is 0 Å². The van der Waals surface area contributed by atoms with E-state index in [1.807, 2.05) is 0 Å². The number of halogens is 3. The summed E-state index contributed by atoms with van der Waals surface area (Å²) in [4.78, 5) is 17.3. The molecule has 1 aromatic carbocycles. The zero-order valence-electron chi connectivity index (χ0n) is 12.5. The number of carboxylic acids is 1. The summed E-state index contributed by atoms with van der Waals surface area (Å²) < 4.78 is 40.1. The lowest BCUT2D eigenvalue weighted by Gasteiger charge is -2.20. The van der Waals surface area contributed by atoms with Crippen LogP contribution in [0, 0.1) is 0 Å². The van der Waals surface area contributed by atoms with Crippen molar-refractivity contribution in [1.29, 1.82) is 0 Å². The molecule has 2 aromatic rings. The maximum atomic E-state index is 12.8. The Morgan fingerprint density at radius 1 is 1.43 bits per heavy atom. The van der Waals surface area contributed by atoms with Gasteiger partial charge in [-0.3, -0.25) is 9.69 Å². The lowest BCUT2D eigenvalue weighted by Crippen LogP contribution is -2.36. The number of carbonyl (C=O) groups is 1. The smallest absolute Gasteiger partial charge is 0.416 e. The number of aryl methyl sites for hydroxylation is 1. The van der Waals surface area contributed by atoms with Crippen LogP contribution >= 0.6 is 0 Å². The first-order chi connectivity index (χ1) is 10.8. The van der Waals surface area contributed by atoms with Crippen LogP contribution in [0.3, 0.4) is 0 Å². The quantitative estimate of drug-likeness (QED) is 0.941. The van der Waals surface area contributed by atoms with Crippen molar-refractivity contribution in [3.63, 3.8) is 0 Å². The summed E-state index contributed by atoms with van der Waals surface area (Å²) in [6, 6.07) is 2.90. The Hall–Kier alpha value is -2.09. The van der Waals surface area contributed by atoms with E-state index in [2.05, 4.69) is 4.98 Å². The van der Waals surface area contributed by atoms with Crippen LogP contribution in [0.1, 0.15) is 24.2 Å². The van der Waals surface area contributed by atoms with Gasteiger partial charge in [0.05, 0.1) is 23.1 Å². The van der Waals surface area contributed by atoms with E-state index in [0.29, 0.717) is 30.9 Å². The fourth-order valence-electron chi connectivity index (χ4n) is 3.04. The number of aromatic nitrogens is 2. The minimum atomic E-state index is -4.41. The van der Waals surface area contributed by atoms with Gasteiger partial charge in [0.15, 0.2) is 0 Å². The fourth-order valence-corrected chi connectivity index (χ4v) is 3.04. The van der Waals surface area contributed by atoms with Crippen LogP contribution in [0.25, 0.3) is 11.0 Å². The number of fused-ring (bicyclic) bond motifs is 1. The van der Waals surface area contributed by atoms with E-state index >= 15 is 0 Å². The molecule has 1 saturated heterocycles. The number of alkyl halides is 3. The molecule has 1 atom stereocenters. The molecule has 0 radical (unpaired) electrons. The van der Waals surface area contributed by atoms with Crippen molar-refractivity contribution < 1.29 is 23.1 Å². The van der Waals surface area contributed by atoms with Crippen LogP contribution in [0.2, 0.25) is 0 Å². The first kappa shape index (κ1) is 15.8. The molecule has 2 heterocycles. The Bertz CT molecular complexity index is 754. The molecule has 1 aliphatic heterocycles. The van der Waals surface area contributed by atoms with E-state index in [0.717, 1.165) is 18.6 Å². The minimum Gasteiger partial charge on any atom is -0.480 e. The molecule has 23 heavy (non-hydrogen) atoms. The third-order valence-electron chi connectivity index (χ3n) is 4.29. The molecule has 5 nitrogen and oxygen atoms in total. The molecular formula is C15H16F3N3O2.